The lowest BCUT2D eigenvalue weighted by Crippen LogP contribution is -2.19. The molecule has 0 aliphatic heterocycles. The van der Waals surface area contributed by atoms with E-state index < -0.39 is 0 Å². The van der Waals surface area contributed by atoms with E-state index in [2.05, 4.69) is 15.3 Å². The number of hydrogen-bond acceptors (Lipinski definition) is 5. The van der Waals surface area contributed by atoms with Gasteiger partial charge in [0.25, 0.3) is 11.5 Å². The van der Waals surface area contributed by atoms with Gasteiger partial charge in [-0.1, -0.05) is 0 Å². The predicted octanol–water partition coefficient (Wildman–Crippen LogP) is 3.97. The van der Waals surface area contributed by atoms with Gasteiger partial charge < -0.3 is 10.3 Å². The molecule has 8 heteroatoms. The van der Waals surface area contributed by atoms with E-state index in [1.54, 1.807) is 42.8 Å². The first kappa shape index (κ1) is 17.3. The van der Waals surface area contributed by atoms with E-state index in [1.165, 1.54) is 4.57 Å². The van der Waals surface area contributed by atoms with E-state index in [9.17, 15) is 9.59 Å². The van der Waals surface area contributed by atoms with Gasteiger partial charge in [-0.25, -0.2) is 4.98 Å². The summed E-state index contributed by atoms with van der Waals surface area (Å²) in [6, 6.07) is 12.4. The summed E-state index contributed by atoms with van der Waals surface area (Å²) in [4.78, 5) is 32.0. The Hall–Kier alpha value is -3.10. The summed E-state index contributed by atoms with van der Waals surface area (Å²) in [5.41, 5.74) is 2.45. The van der Waals surface area contributed by atoms with Crippen LogP contribution in [0.5, 0.6) is 0 Å². The number of rotatable bonds is 3. The van der Waals surface area contributed by atoms with Crippen LogP contribution >= 0.6 is 23.6 Å². The van der Waals surface area contributed by atoms with Crippen molar-refractivity contribution < 1.29 is 4.79 Å². The fraction of sp³-hybridized carbons (Fsp3) is 0.0526. The number of aromatic amines is 1. The highest BCUT2D eigenvalue weighted by Crippen LogP contribution is 2.23. The highest BCUT2D eigenvalue weighted by molar-refractivity contribution is 7.71. The minimum atomic E-state index is -0.265. The summed E-state index contributed by atoms with van der Waals surface area (Å²) in [5.74, 6) is -0.265. The fourth-order valence-electron chi connectivity index (χ4n) is 2.71. The average molecular weight is 394 g/mol. The van der Waals surface area contributed by atoms with Crippen molar-refractivity contribution in [2.75, 3.05) is 5.32 Å². The molecule has 0 saturated heterocycles. The first-order chi connectivity index (χ1) is 13.0. The molecule has 2 heterocycles. The molecule has 0 atom stereocenters. The van der Waals surface area contributed by atoms with Crippen molar-refractivity contribution >= 4 is 46.1 Å². The molecule has 0 spiro atoms. The zero-order chi connectivity index (χ0) is 19.0. The van der Waals surface area contributed by atoms with Crippen LogP contribution in [0, 0.1) is 4.77 Å². The summed E-state index contributed by atoms with van der Waals surface area (Å²) in [7, 11) is 1.61. The number of amides is 1. The van der Waals surface area contributed by atoms with Gasteiger partial charge in [-0.3, -0.25) is 14.2 Å². The molecule has 4 rings (SSSR count). The van der Waals surface area contributed by atoms with E-state index in [0.29, 0.717) is 26.9 Å². The van der Waals surface area contributed by atoms with Crippen molar-refractivity contribution in [1.82, 2.24) is 14.5 Å². The Morgan fingerprint density at radius 2 is 2.00 bits per heavy atom. The van der Waals surface area contributed by atoms with Crippen LogP contribution in [0.25, 0.3) is 21.5 Å². The molecule has 0 bridgehead atoms. The van der Waals surface area contributed by atoms with E-state index in [1.807, 2.05) is 29.6 Å². The van der Waals surface area contributed by atoms with E-state index >= 15 is 0 Å². The Balaban J connectivity index is 1.60. The second-order valence-corrected chi connectivity index (χ2v) is 7.20. The van der Waals surface area contributed by atoms with Crippen molar-refractivity contribution in [2.45, 2.75) is 0 Å². The van der Waals surface area contributed by atoms with Crippen LogP contribution in [-0.4, -0.2) is 20.4 Å². The van der Waals surface area contributed by atoms with Crippen LogP contribution < -0.4 is 10.9 Å². The van der Waals surface area contributed by atoms with Gasteiger partial charge in [-0.15, -0.1) is 11.3 Å². The molecular formula is C19H14N4O2S2. The molecule has 6 nitrogen and oxygen atoms in total. The third-order valence-electron chi connectivity index (χ3n) is 4.19. The van der Waals surface area contributed by atoms with Crippen LogP contribution in [0.3, 0.4) is 0 Å². The van der Waals surface area contributed by atoms with Gasteiger partial charge in [-0.2, -0.15) is 0 Å². The molecule has 1 amide bonds. The largest absolute Gasteiger partial charge is 0.332 e. The fourth-order valence-corrected chi connectivity index (χ4v) is 3.55. The number of benzene rings is 2. The highest BCUT2D eigenvalue weighted by atomic mass is 32.1. The molecule has 0 aliphatic carbocycles. The Bertz CT molecular complexity index is 1260. The number of anilines is 1. The van der Waals surface area contributed by atoms with Crippen LogP contribution in [0.2, 0.25) is 0 Å². The van der Waals surface area contributed by atoms with Crippen molar-refractivity contribution in [1.29, 1.82) is 0 Å². The number of H-pyrrole nitrogens is 1. The number of fused-ring (bicyclic) bond motifs is 1. The molecule has 4 aromatic rings. The monoisotopic (exact) mass is 394 g/mol. The zero-order valence-electron chi connectivity index (χ0n) is 14.2. The number of thiazole rings is 1. The lowest BCUT2D eigenvalue weighted by Gasteiger charge is -2.08. The number of carbonyl (C=O) groups excluding carboxylic acids is 1. The second-order valence-electron chi connectivity index (χ2n) is 5.92. The molecule has 0 fully saturated rings. The van der Waals surface area contributed by atoms with Crippen LogP contribution in [0.4, 0.5) is 5.69 Å². The van der Waals surface area contributed by atoms with Crippen molar-refractivity contribution in [3.63, 3.8) is 0 Å². The Kier molecular flexibility index (Phi) is 4.43. The normalized spacial score (nSPS) is 10.9. The van der Waals surface area contributed by atoms with Gasteiger partial charge in [0.15, 0.2) is 4.77 Å². The van der Waals surface area contributed by atoms with Gasteiger partial charge in [0.2, 0.25) is 0 Å². The Morgan fingerprint density at radius 1 is 1.22 bits per heavy atom. The van der Waals surface area contributed by atoms with Crippen molar-refractivity contribution in [3.8, 4) is 10.6 Å². The number of aromatic nitrogens is 3. The third kappa shape index (κ3) is 3.32. The molecule has 0 saturated carbocycles. The Labute approximate surface area is 163 Å². The smallest absolute Gasteiger partial charge is 0.261 e. The second kappa shape index (κ2) is 6.90. The van der Waals surface area contributed by atoms with Crippen LogP contribution in [0.1, 0.15) is 10.4 Å². The lowest BCUT2D eigenvalue weighted by atomic mass is 10.1. The predicted molar refractivity (Wildman–Crippen MR) is 110 cm³/mol. The van der Waals surface area contributed by atoms with Gasteiger partial charge in [0, 0.05) is 35.4 Å². The standard InChI is InChI=1S/C19H14N4O2S2/c1-23-18(25)14-7-4-12(10-15(14)22-19(23)26)16(24)21-13-5-2-11(3-6-13)17-20-8-9-27-17/h2-10H,1H3,(H,21,24)(H,22,26). The number of nitrogens with one attached hydrogen (secondary N) is 2. The molecule has 27 heavy (non-hydrogen) atoms. The first-order valence-corrected chi connectivity index (χ1v) is 9.36. The first-order valence-electron chi connectivity index (χ1n) is 8.07. The number of carbonyl (C=O) groups is 1. The highest BCUT2D eigenvalue weighted by Gasteiger charge is 2.10. The maximum absolute atomic E-state index is 12.6. The number of nitrogens with zero attached hydrogens (tertiary/aromatic N) is 2. The topological polar surface area (TPSA) is 79.8 Å². The van der Waals surface area contributed by atoms with Gasteiger partial charge in [0.1, 0.15) is 5.01 Å². The summed E-state index contributed by atoms with van der Waals surface area (Å²) in [5, 5.41) is 6.19. The van der Waals surface area contributed by atoms with Gasteiger partial charge in [0.05, 0.1) is 10.9 Å². The molecule has 0 radical (unpaired) electrons. The molecule has 0 unspecified atom stereocenters. The molecule has 2 aromatic carbocycles. The van der Waals surface area contributed by atoms with Gasteiger partial charge >= 0.3 is 0 Å². The average Bonchev–Trinajstić information content (AvgIpc) is 3.21. The molecule has 0 aliphatic rings. The summed E-state index contributed by atoms with van der Waals surface area (Å²) in [6.45, 7) is 0. The lowest BCUT2D eigenvalue weighted by molar-refractivity contribution is 0.102. The van der Waals surface area contributed by atoms with Crippen LogP contribution in [-0.2, 0) is 7.05 Å². The van der Waals surface area contributed by atoms with Crippen molar-refractivity contribution in [2.24, 2.45) is 7.05 Å². The Morgan fingerprint density at radius 3 is 2.70 bits per heavy atom. The quantitative estimate of drug-likeness (QED) is 0.515. The van der Waals surface area contributed by atoms with E-state index in [-0.39, 0.29) is 11.5 Å². The van der Waals surface area contributed by atoms with Gasteiger partial charge in [-0.05, 0) is 54.7 Å². The SMILES string of the molecule is Cn1c(=S)[nH]c2cc(C(=O)Nc3ccc(-c4nccs4)cc3)ccc2c1=O. The number of hydrogen-bond donors (Lipinski definition) is 2. The van der Waals surface area contributed by atoms with Crippen LogP contribution in [0.15, 0.2) is 58.8 Å². The van der Waals surface area contributed by atoms with E-state index in [0.717, 1.165) is 10.6 Å². The summed E-state index contributed by atoms with van der Waals surface area (Å²) >= 11 is 6.69. The molecule has 2 N–H and O–H groups in total. The maximum atomic E-state index is 12.6. The van der Waals surface area contributed by atoms with E-state index in [4.69, 9.17) is 12.2 Å². The maximum Gasteiger partial charge on any atom is 0.261 e. The molecular weight excluding hydrogens is 380 g/mol. The van der Waals surface area contributed by atoms with Crippen molar-refractivity contribution in [3.05, 3.63) is 74.7 Å². The third-order valence-corrected chi connectivity index (χ3v) is 5.38. The zero-order valence-corrected chi connectivity index (χ0v) is 15.9. The summed E-state index contributed by atoms with van der Waals surface area (Å²) in [6.07, 6.45) is 1.76. The molecule has 134 valence electrons. The summed E-state index contributed by atoms with van der Waals surface area (Å²) < 4.78 is 1.67. The minimum Gasteiger partial charge on any atom is -0.332 e. The minimum absolute atomic E-state index is 0.196. The molecule has 2 aromatic heterocycles.